The van der Waals surface area contributed by atoms with Gasteiger partial charge in [0.25, 0.3) is 11.6 Å². The Morgan fingerprint density at radius 1 is 1.00 bits per heavy atom. The first-order chi connectivity index (χ1) is 20.8. The topological polar surface area (TPSA) is 114 Å². The van der Waals surface area contributed by atoms with E-state index in [1.807, 2.05) is 67.6 Å². The molecule has 1 aliphatic rings. The Morgan fingerprint density at radius 2 is 1.72 bits per heavy atom. The number of benzene rings is 3. The maximum Gasteiger partial charge on any atom is 0.270 e. The average molecular weight is 619 g/mol. The van der Waals surface area contributed by atoms with E-state index < -0.39 is 4.92 Å². The molecule has 43 heavy (non-hydrogen) atoms. The molecule has 1 aliphatic heterocycles. The number of para-hydroxylation sites is 1. The van der Waals surface area contributed by atoms with Crippen molar-refractivity contribution < 1.29 is 14.5 Å². The number of halogens is 1. The lowest BCUT2D eigenvalue weighted by molar-refractivity contribution is -0.384. The zero-order valence-electron chi connectivity index (χ0n) is 23.6. The molecule has 0 bridgehead atoms. The summed E-state index contributed by atoms with van der Waals surface area (Å²) in [5.41, 5.74) is 2.03. The minimum absolute atomic E-state index is 0.0427. The van der Waals surface area contributed by atoms with E-state index in [2.05, 4.69) is 14.8 Å². The van der Waals surface area contributed by atoms with Gasteiger partial charge in [0.05, 0.1) is 15.5 Å². The van der Waals surface area contributed by atoms with Crippen molar-refractivity contribution in [3.63, 3.8) is 0 Å². The molecule has 0 radical (unpaired) electrons. The summed E-state index contributed by atoms with van der Waals surface area (Å²) in [5.74, 6) is 1.35. The first-order valence-electron chi connectivity index (χ1n) is 14.0. The molecule has 1 aromatic heterocycles. The van der Waals surface area contributed by atoms with Crippen LogP contribution in [0.1, 0.15) is 36.5 Å². The normalized spacial score (nSPS) is 15.0. The van der Waals surface area contributed by atoms with Crippen LogP contribution in [0.3, 0.4) is 0 Å². The molecule has 5 rings (SSSR count). The molecule has 4 aromatic rings. The second kappa shape index (κ2) is 13.8. The van der Waals surface area contributed by atoms with Gasteiger partial charge in [-0.2, -0.15) is 0 Å². The van der Waals surface area contributed by atoms with Gasteiger partial charge in [-0.05, 0) is 38.0 Å². The van der Waals surface area contributed by atoms with Crippen molar-refractivity contribution in [3.8, 4) is 17.1 Å². The maximum atomic E-state index is 13.1. The van der Waals surface area contributed by atoms with Gasteiger partial charge in [-0.1, -0.05) is 71.9 Å². The number of aromatic nitrogens is 3. The molecule has 1 unspecified atom stereocenters. The van der Waals surface area contributed by atoms with Crippen LogP contribution in [0.15, 0.2) is 84.0 Å². The quantitative estimate of drug-likeness (QED) is 0.0908. The molecule has 0 N–H and O–H groups in total. The summed E-state index contributed by atoms with van der Waals surface area (Å²) < 4.78 is 2.07. The third-order valence-electron chi connectivity index (χ3n) is 7.33. The Bertz CT molecular complexity index is 1600. The standard InChI is InChI=1S/C31H31ClN6O4S/c1-22-21-35(17-18-36(22)30(40)26-16-15-25(38(41)42)20-27(26)32)28(39)14-8-9-19-43-31-34-33-29(23-10-4-2-5-11-23)37(31)24-12-6-3-7-13-24/h2-7,10-13,15-16,20,22H,8-9,14,17-19,21H2,1H3. The summed E-state index contributed by atoms with van der Waals surface area (Å²) in [7, 11) is 0. The van der Waals surface area contributed by atoms with Gasteiger partial charge < -0.3 is 9.80 Å². The highest BCUT2D eigenvalue weighted by atomic mass is 35.5. The van der Waals surface area contributed by atoms with E-state index in [4.69, 9.17) is 11.6 Å². The largest absolute Gasteiger partial charge is 0.339 e. The number of hydrogen-bond donors (Lipinski definition) is 0. The number of thioether (sulfide) groups is 1. The van der Waals surface area contributed by atoms with E-state index in [1.165, 1.54) is 18.2 Å². The number of nitrogens with zero attached hydrogens (tertiary/aromatic N) is 6. The van der Waals surface area contributed by atoms with Gasteiger partial charge in [-0.25, -0.2) is 0 Å². The lowest BCUT2D eigenvalue weighted by atomic mass is 10.1. The lowest BCUT2D eigenvalue weighted by Crippen LogP contribution is -2.55. The number of hydrogen-bond acceptors (Lipinski definition) is 7. The third-order valence-corrected chi connectivity index (χ3v) is 8.66. The zero-order chi connectivity index (χ0) is 30.3. The number of amides is 2. The molecule has 0 aliphatic carbocycles. The van der Waals surface area contributed by atoms with Crippen LogP contribution in [0.25, 0.3) is 17.1 Å². The van der Waals surface area contributed by atoms with Gasteiger partial charge in [0, 0.05) is 61.2 Å². The van der Waals surface area contributed by atoms with Gasteiger partial charge in [0.2, 0.25) is 5.91 Å². The fourth-order valence-electron chi connectivity index (χ4n) is 5.08. The van der Waals surface area contributed by atoms with E-state index in [1.54, 1.807) is 21.6 Å². The van der Waals surface area contributed by atoms with Gasteiger partial charge >= 0.3 is 0 Å². The number of nitro benzene ring substituents is 1. The number of rotatable bonds is 10. The van der Waals surface area contributed by atoms with Gasteiger partial charge in [0.15, 0.2) is 11.0 Å². The highest BCUT2D eigenvalue weighted by Gasteiger charge is 2.31. The summed E-state index contributed by atoms with van der Waals surface area (Å²) in [6.45, 7) is 3.11. The van der Waals surface area contributed by atoms with Crippen LogP contribution in [0.5, 0.6) is 0 Å². The lowest BCUT2D eigenvalue weighted by Gasteiger charge is -2.40. The number of unbranched alkanes of at least 4 members (excludes halogenated alkanes) is 1. The van der Waals surface area contributed by atoms with E-state index in [0.29, 0.717) is 26.1 Å². The average Bonchev–Trinajstić information content (AvgIpc) is 3.45. The molecule has 222 valence electrons. The van der Waals surface area contributed by atoms with Crippen molar-refractivity contribution in [2.75, 3.05) is 25.4 Å². The highest BCUT2D eigenvalue weighted by molar-refractivity contribution is 7.99. The van der Waals surface area contributed by atoms with Crippen LogP contribution in [0.2, 0.25) is 5.02 Å². The van der Waals surface area contributed by atoms with Crippen molar-refractivity contribution in [3.05, 3.63) is 99.6 Å². The molecule has 1 atom stereocenters. The Morgan fingerprint density at radius 3 is 2.40 bits per heavy atom. The number of non-ortho nitro benzene ring substituents is 1. The van der Waals surface area contributed by atoms with Crippen LogP contribution >= 0.6 is 23.4 Å². The minimum atomic E-state index is -0.551. The number of nitro groups is 1. The van der Waals surface area contributed by atoms with Crippen LogP contribution in [0, 0.1) is 10.1 Å². The molecular weight excluding hydrogens is 588 g/mol. The fraction of sp³-hybridized carbons (Fsp3) is 0.290. The van der Waals surface area contributed by atoms with Crippen molar-refractivity contribution in [1.82, 2.24) is 24.6 Å². The van der Waals surface area contributed by atoms with Crippen molar-refractivity contribution in [2.45, 2.75) is 37.4 Å². The van der Waals surface area contributed by atoms with Crippen LogP contribution < -0.4 is 0 Å². The van der Waals surface area contributed by atoms with Crippen LogP contribution in [-0.4, -0.2) is 72.7 Å². The zero-order valence-corrected chi connectivity index (χ0v) is 25.2. The van der Waals surface area contributed by atoms with Crippen molar-refractivity contribution in [1.29, 1.82) is 0 Å². The summed E-state index contributed by atoms with van der Waals surface area (Å²) in [6, 6.07) is 23.6. The first kappa shape index (κ1) is 30.2. The van der Waals surface area contributed by atoms with E-state index in [0.717, 1.165) is 40.8 Å². The first-order valence-corrected chi connectivity index (χ1v) is 15.4. The second-order valence-electron chi connectivity index (χ2n) is 10.3. The molecular formula is C31H31ClN6O4S. The van der Waals surface area contributed by atoms with Gasteiger partial charge in [-0.15, -0.1) is 10.2 Å². The molecule has 12 heteroatoms. The number of carbonyl (C=O) groups excluding carboxylic acids is 2. The Hall–Kier alpha value is -4.22. The summed E-state index contributed by atoms with van der Waals surface area (Å²) >= 11 is 7.80. The highest BCUT2D eigenvalue weighted by Crippen LogP contribution is 2.29. The molecule has 2 amide bonds. The number of carbonyl (C=O) groups is 2. The molecule has 3 aromatic carbocycles. The monoisotopic (exact) mass is 618 g/mol. The number of piperazine rings is 1. The molecule has 10 nitrogen and oxygen atoms in total. The summed E-state index contributed by atoms with van der Waals surface area (Å²) in [4.78, 5) is 40.0. The van der Waals surface area contributed by atoms with Crippen molar-refractivity contribution in [2.24, 2.45) is 0 Å². The van der Waals surface area contributed by atoms with E-state index in [-0.39, 0.29) is 34.1 Å². The molecule has 0 spiro atoms. The predicted molar refractivity (Wildman–Crippen MR) is 167 cm³/mol. The SMILES string of the molecule is CC1CN(C(=O)CCCCSc2nnc(-c3ccccc3)n2-c2ccccc2)CCN1C(=O)c1ccc([N+](=O)[O-])cc1Cl. The fourth-order valence-corrected chi connectivity index (χ4v) is 6.29. The van der Waals surface area contributed by atoms with Gasteiger partial charge in [-0.3, -0.25) is 24.3 Å². The van der Waals surface area contributed by atoms with Gasteiger partial charge in [0.1, 0.15) is 0 Å². The maximum absolute atomic E-state index is 13.1. The Labute approximate surface area is 258 Å². The van der Waals surface area contributed by atoms with Crippen LogP contribution in [-0.2, 0) is 4.79 Å². The molecule has 1 fully saturated rings. The molecule has 2 heterocycles. The van der Waals surface area contributed by atoms with E-state index in [9.17, 15) is 19.7 Å². The summed E-state index contributed by atoms with van der Waals surface area (Å²) in [5, 5.41) is 20.8. The smallest absolute Gasteiger partial charge is 0.270 e. The molecule has 1 saturated heterocycles. The van der Waals surface area contributed by atoms with Crippen molar-refractivity contribution >= 4 is 40.9 Å². The Balaban J connectivity index is 1.12. The third kappa shape index (κ3) is 7.06. The predicted octanol–water partition coefficient (Wildman–Crippen LogP) is 6.13. The van der Waals surface area contributed by atoms with E-state index >= 15 is 0 Å². The summed E-state index contributed by atoms with van der Waals surface area (Å²) in [6.07, 6.45) is 2.00. The Kier molecular flexibility index (Phi) is 9.73. The minimum Gasteiger partial charge on any atom is -0.339 e. The second-order valence-corrected chi connectivity index (χ2v) is 11.7. The molecule has 0 saturated carbocycles. The van der Waals surface area contributed by atoms with Crippen LogP contribution in [0.4, 0.5) is 5.69 Å².